The first kappa shape index (κ1) is 21.7. The molecular weight excluding hydrogens is 442 g/mol. The Labute approximate surface area is 189 Å². The Morgan fingerprint density at radius 1 is 1.03 bits per heavy atom. The average Bonchev–Trinajstić information content (AvgIpc) is 3.22. The van der Waals surface area contributed by atoms with Crippen LogP contribution in [-0.4, -0.2) is 41.9 Å². The number of halogens is 3. The minimum Gasteiger partial charge on any atom is -0.484 e. The fourth-order valence-electron chi connectivity index (χ4n) is 3.47. The highest BCUT2D eigenvalue weighted by molar-refractivity contribution is 6.32. The molecule has 0 atom stereocenters. The van der Waals surface area contributed by atoms with Crippen LogP contribution in [0.5, 0.6) is 5.75 Å². The minimum atomic E-state index is -0.434. The second-order valence-electron chi connectivity index (χ2n) is 7.33. The smallest absolute Gasteiger partial charge is 0.289 e. The van der Waals surface area contributed by atoms with Crippen molar-refractivity contribution in [2.24, 2.45) is 0 Å². The lowest BCUT2D eigenvalue weighted by Crippen LogP contribution is -2.48. The highest BCUT2D eigenvalue weighted by Crippen LogP contribution is 2.26. The molecule has 2 aromatic carbocycles. The molecule has 1 amide bonds. The molecule has 1 saturated heterocycles. The van der Waals surface area contributed by atoms with Crippen molar-refractivity contribution in [3.63, 3.8) is 0 Å². The van der Waals surface area contributed by atoms with Gasteiger partial charge in [0.25, 0.3) is 5.91 Å². The molecule has 162 valence electrons. The highest BCUT2D eigenvalue weighted by atomic mass is 35.5. The SMILES string of the molecule is O=C(c1ccc(COc2ccc(F)cc2Cl)o1)N1CCN(Cc2cccc(Cl)c2)CC1. The number of rotatable bonds is 6. The number of furan rings is 1. The van der Waals surface area contributed by atoms with E-state index >= 15 is 0 Å². The van der Waals surface area contributed by atoms with Crippen LogP contribution in [0.4, 0.5) is 4.39 Å². The van der Waals surface area contributed by atoms with E-state index in [1.807, 2.05) is 18.2 Å². The number of nitrogens with zero attached hydrogens (tertiary/aromatic N) is 2. The molecule has 0 aliphatic carbocycles. The monoisotopic (exact) mass is 462 g/mol. The molecular formula is C23H21Cl2FN2O3. The highest BCUT2D eigenvalue weighted by Gasteiger charge is 2.24. The van der Waals surface area contributed by atoms with Gasteiger partial charge in [-0.1, -0.05) is 35.3 Å². The largest absolute Gasteiger partial charge is 0.484 e. The lowest BCUT2D eigenvalue weighted by Gasteiger charge is -2.34. The van der Waals surface area contributed by atoms with Gasteiger partial charge in [0.15, 0.2) is 5.76 Å². The Morgan fingerprint density at radius 2 is 1.84 bits per heavy atom. The quantitative estimate of drug-likeness (QED) is 0.500. The number of ether oxygens (including phenoxy) is 1. The summed E-state index contributed by atoms with van der Waals surface area (Å²) in [6.45, 7) is 3.69. The predicted molar refractivity (Wildman–Crippen MR) is 117 cm³/mol. The second kappa shape index (κ2) is 9.73. The van der Waals surface area contributed by atoms with Gasteiger partial charge in [0, 0.05) is 37.7 Å². The lowest BCUT2D eigenvalue weighted by molar-refractivity contribution is 0.0594. The third-order valence-corrected chi connectivity index (χ3v) is 5.62. The van der Waals surface area contributed by atoms with E-state index in [1.54, 1.807) is 17.0 Å². The fraction of sp³-hybridized carbons (Fsp3) is 0.261. The molecule has 0 saturated carbocycles. The molecule has 3 aromatic rings. The van der Waals surface area contributed by atoms with Crippen LogP contribution >= 0.6 is 23.2 Å². The molecule has 1 aliphatic rings. The normalized spacial score (nSPS) is 14.6. The predicted octanol–water partition coefficient (Wildman–Crippen LogP) is 5.26. The van der Waals surface area contributed by atoms with Crippen molar-refractivity contribution in [2.75, 3.05) is 26.2 Å². The van der Waals surface area contributed by atoms with E-state index in [9.17, 15) is 9.18 Å². The van der Waals surface area contributed by atoms with Crippen LogP contribution < -0.4 is 4.74 Å². The van der Waals surface area contributed by atoms with Gasteiger partial charge in [0.05, 0.1) is 5.02 Å². The number of benzene rings is 2. The van der Waals surface area contributed by atoms with Crippen molar-refractivity contribution in [3.8, 4) is 5.75 Å². The summed E-state index contributed by atoms with van der Waals surface area (Å²) in [5.74, 6) is 0.531. The Bertz CT molecular complexity index is 1060. The standard InChI is InChI=1S/C23H21Cl2FN2O3/c24-17-3-1-2-16(12-17)14-27-8-10-28(11-9-27)23(29)22-7-5-19(31-22)15-30-21-6-4-18(26)13-20(21)25/h1-7,12-13H,8-11,14-15H2. The first-order valence-electron chi connectivity index (χ1n) is 9.90. The van der Waals surface area contributed by atoms with Gasteiger partial charge in [-0.25, -0.2) is 4.39 Å². The average molecular weight is 463 g/mol. The minimum absolute atomic E-state index is 0.0893. The van der Waals surface area contributed by atoms with E-state index in [-0.39, 0.29) is 23.3 Å². The summed E-state index contributed by atoms with van der Waals surface area (Å²) in [5.41, 5.74) is 1.16. The summed E-state index contributed by atoms with van der Waals surface area (Å²) in [4.78, 5) is 16.9. The summed E-state index contributed by atoms with van der Waals surface area (Å²) in [6, 6.07) is 15.1. The first-order valence-corrected chi connectivity index (χ1v) is 10.7. The molecule has 5 nitrogen and oxygen atoms in total. The summed E-state index contributed by atoms with van der Waals surface area (Å²) < 4.78 is 24.3. The summed E-state index contributed by atoms with van der Waals surface area (Å²) >= 11 is 12.0. The van der Waals surface area contributed by atoms with Crippen molar-refractivity contribution in [3.05, 3.63) is 87.5 Å². The van der Waals surface area contributed by atoms with E-state index < -0.39 is 5.82 Å². The van der Waals surface area contributed by atoms with E-state index in [2.05, 4.69) is 11.0 Å². The zero-order valence-corrected chi connectivity index (χ0v) is 18.2. The number of amides is 1. The van der Waals surface area contributed by atoms with Crippen molar-refractivity contribution in [2.45, 2.75) is 13.2 Å². The van der Waals surface area contributed by atoms with Crippen molar-refractivity contribution in [1.82, 2.24) is 9.80 Å². The third kappa shape index (κ3) is 5.58. The lowest BCUT2D eigenvalue weighted by atomic mass is 10.2. The summed E-state index contributed by atoms with van der Waals surface area (Å²) in [7, 11) is 0. The van der Waals surface area contributed by atoms with Gasteiger partial charge in [-0.2, -0.15) is 0 Å². The Kier molecular flexibility index (Phi) is 6.80. The van der Waals surface area contributed by atoms with Gasteiger partial charge in [0.1, 0.15) is 23.9 Å². The van der Waals surface area contributed by atoms with Crippen LogP contribution in [0, 0.1) is 5.82 Å². The van der Waals surface area contributed by atoms with Crippen LogP contribution in [0.1, 0.15) is 21.9 Å². The molecule has 2 heterocycles. The molecule has 1 aliphatic heterocycles. The molecule has 0 bridgehead atoms. The number of carbonyl (C=O) groups excluding carboxylic acids is 1. The van der Waals surface area contributed by atoms with Crippen LogP contribution in [0.15, 0.2) is 59.0 Å². The van der Waals surface area contributed by atoms with E-state index in [0.29, 0.717) is 24.6 Å². The van der Waals surface area contributed by atoms with Crippen LogP contribution in [-0.2, 0) is 13.2 Å². The van der Waals surface area contributed by atoms with Gasteiger partial charge < -0.3 is 14.1 Å². The molecule has 31 heavy (non-hydrogen) atoms. The zero-order valence-electron chi connectivity index (χ0n) is 16.7. The maximum atomic E-state index is 13.1. The van der Waals surface area contributed by atoms with Crippen molar-refractivity contribution < 1.29 is 18.3 Å². The number of hydrogen-bond acceptors (Lipinski definition) is 4. The van der Waals surface area contributed by atoms with Crippen LogP contribution in [0.2, 0.25) is 10.0 Å². The number of piperazine rings is 1. The summed E-state index contributed by atoms with van der Waals surface area (Å²) in [5, 5.41) is 0.907. The third-order valence-electron chi connectivity index (χ3n) is 5.09. The van der Waals surface area contributed by atoms with E-state index in [0.717, 1.165) is 30.2 Å². The number of carbonyl (C=O) groups is 1. The maximum Gasteiger partial charge on any atom is 0.289 e. The van der Waals surface area contributed by atoms with Crippen molar-refractivity contribution >= 4 is 29.1 Å². The summed E-state index contributed by atoms with van der Waals surface area (Å²) in [6.07, 6.45) is 0. The molecule has 0 radical (unpaired) electrons. The molecule has 0 N–H and O–H groups in total. The van der Waals surface area contributed by atoms with E-state index in [4.69, 9.17) is 32.4 Å². The maximum absolute atomic E-state index is 13.1. The number of hydrogen-bond donors (Lipinski definition) is 0. The van der Waals surface area contributed by atoms with Gasteiger partial charge in [-0.05, 0) is 48.0 Å². The van der Waals surface area contributed by atoms with Crippen molar-refractivity contribution in [1.29, 1.82) is 0 Å². The van der Waals surface area contributed by atoms with Gasteiger partial charge in [0.2, 0.25) is 0 Å². The first-order chi connectivity index (χ1) is 15.0. The van der Waals surface area contributed by atoms with E-state index in [1.165, 1.54) is 18.2 Å². The fourth-order valence-corrected chi connectivity index (χ4v) is 3.90. The topological polar surface area (TPSA) is 45.9 Å². The Hall–Kier alpha value is -2.54. The second-order valence-corrected chi connectivity index (χ2v) is 8.17. The van der Waals surface area contributed by atoms with Crippen LogP contribution in [0.3, 0.4) is 0 Å². The van der Waals surface area contributed by atoms with Crippen LogP contribution in [0.25, 0.3) is 0 Å². The molecule has 0 unspecified atom stereocenters. The Morgan fingerprint density at radius 3 is 2.58 bits per heavy atom. The van der Waals surface area contributed by atoms with Gasteiger partial charge >= 0.3 is 0 Å². The zero-order chi connectivity index (χ0) is 21.8. The molecule has 1 aromatic heterocycles. The Balaban J connectivity index is 1.29. The van der Waals surface area contributed by atoms with Gasteiger partial charge in [-0.3, -0.25) is 9.69 Å². The van der Waals surface area contributed by atoms with Gasteiger partial charge in [-0.15, -0.1) is 0 Å². The molecule has 1 fully saturated rings. The molecule has 4 rings (SSSR count). The molecule has 0 spiro atoms. The molecule has 8 heteroatoms.